The van der Waals surface area contributed by atoms with E-state index in [1.807, 2.05) is 6.07 Å². The van der Waals surface area contributed by atoms with Gasteiger partial charge in [-0.05, 0) is 22.0 Å². The average Bonchev–Trinajstić information content (AvgIpc) is 2.56. The van der Waals surface area contributed by atoms with Crippen LogP contribution in [0.25, 0.3) is 5.69 Å². The van der Waals surface area contributed by atoms with Gasteiger partial charge in [0.1, 0.15) is 12.7 Å². The number of hydrogen-bond acceptors (Lipinski definition) is 3. The smallest absolute Gasteiger partial charge is 0.138 e. The van der Waals surface area contributed by atoms with Gasteiger partial charge < -0.3 is 0 Å². The van der Waals surface area contributed by atoms with Gasteiger partial charge in [0, 0.05) is 10.7 Å². The average molecular weight is 225 g/mol. The largest absolute Gasteiger partial charge is 0.261 e. The summed E-state index contributed by atoms with van der Waals surface area (Å²) in [7, 11) is 0. The summed E-state index contributed by atoms with van der Waals surface area (Å²) in [4.78, 5) is 7.84. The molecular weight excluding hydrogens is 220 g/mol. The quantitative estimate of drug-likeness (QED) is 0.737. The van der Waals surface area contributed by atoms with E-state index in [1.165, 1.54) is 6.33 Å². The van der Waals surface area contributed by atoms with E-state index >= 15 is 0 Å². The second-order valence-corrected chi connectivity index (χ2v) is 3.12. The van der Waals surface area contributed by atoms with Crippen molar-refractivity contribution in [2.24, 2.45) is 0 Å². The molecule has 5 heteroatoms. The Hall–Kier alpha value is -1.23. The zero-order valence-electron chi connectivity index (χ0n) is 6.05. The first-order valence-electron chi connectivity index (χ1n) is 3.32. The van der Waals surface area contributed by atoms with Gasteiger partial charge in [-0.3, -0.25) is 4.98 Å². The molecule has 0 aliphatic rings. The van der Waals surface area contributed by atoms with Gasteiger partial charge in [0.05, 0.1) is 11.9 Å². The highest BCUT2D eigenvalue weighted by molar-refractivity contribution is 9.10. The molecule has 4 nitrogen and oxygen atoms in total. The predicted molar refractivity (Wildman–Crippen MR) is 46.9 cm³/mol. The maximum atomic E-state index is 4.00. The van der Waals surface area contributed by atoms with E-state index in [2.05, 4.69) is 31.0 Å². The molecule has 2 aromatic heterocycles. The number of halogens is 1. The van der Waals surface area contributed by atoms with Gasteiger partial charge in [-0.15, -0.1) is 0 Å². The molecule has 0 amide bonds. The zero-order chi connectivity index (χ0) is 8.39. The van der Waals surface area contributed by atoms with Gasteiger partial charge in [0.15, 0.2) is 0 Å². The molecule has 0 spiro atoms. The minimum Gasteiger partial charge on any atom is -0.261 e. The molecule has 0 radical (unpaired) electrons. The van der Waals surface area contributed by atoms with Crippen LogP contribution in [0, 0.1) is 0 Å². The van der Waals surface area contributed by atoms with Crippen molar-refractivity contribution in [3.8, 4) is 5.69 Å². The molecule has 0 saturated heterocycles. The lowest BCUT2D eigenvalue weighted by molar-refractivity contribution is 0.871. The third-order valence-corrected chi connectivity index (χ3v) is 1.81. The SMILES string of the molecule is Brc1cncc(-n2cncn2)c1. The Morgan fingerprint density at radius 3 is 2.83 bits per heavy atom. The molecule has 2 heterocycles. The maximum absolute atomic E-state index is 4.00. The number of hydrogen-bond donors (Lipinski definition) is 0. The van der Waals surface area contributed by atoms with Crippen molar-refractivity contribution in [1.29, 1.82) is 0 Å². The van der Waals surface area contributed by atoms with E-state index in [-0.39, 0.29) is 0 Å². The number of aromatic nitrogens is 4. The van der Waals surface area contributed by atoms with Crippen LogP contribution in [0.15, 0.2) is 35.6 Å². The van der Waals surface area contributed by atoms with Crippen LogP contribution in [0.1, 0.15) is 0 Å². The van der Waals surface area contributed by atoms with Gasteiger partial charge in [-0.2, -0.15) is 5.10 Å². The van der Waals surface area contributed by atoms with Crippen molar-refractivity contribution in [1.82, 2.24) is 19.7 Å². The van der Waals surface area contributed by atoms with Crippen LogP contribution in [0.3, 0.4) is 0 Å². The third-order valence-electron chi connectivity index (χ3n) is 1.37. The molecule has 0 bridgehead atoms. The fourth-order valence-electron chi connectivity index (χ4n) is 0.867. The summed E-state index contributed by atoms with van der Waals surface area (Å²) in [6.45, 7) is 0. The second kappa shape index (κ2) is 3.02. The molecule has 0 aliphatic carbocycles. The summed E-state index contributed by atoms with van der Waals surface area (Å²) in [5.41, 5.74) is 0.891. The summed E-state index contributed by atoms with van der Waals surface area (Å²) < 4.78 is 2.58. The molecule has 2 aromatic rings. The minimum absolute atomic E-state index is 0.891. The van der Waals surface area contributed by atoms with Gasteiger partial charge >= 0.3 is 0 Å². The van der Waals surface area contributed by atoms with Gasteiger partial charge in [0.2, 0.25) is 0 Å². The molecule has 0 atom stereocenters. The highest BCUT2D eigenvalue weighted by Gasteiger charge is 1.96. The first-order valence-corrected chi connectivity index (χ1v) is 4.11. The Bertz CT molecular complexity index is 371. The van der Waals surface area contributed by atoms with Crippen molar-refractivity contribution in [2.45, 2.75) is 0 Å². The molecule has 0 saturated carbocycles. The fourth-order valence-corrected chi connectivity index (χ4v) is 1.22. The Morgan fingerprint density at radius 1 is 1.25 bits per heavy atom. The van der Waals surface area contributed by atoms with Crippen LogP contribution < -0.4 is 0 Å². The molecule has 0 unspecified atom stereocenters. The minimum atomic E-state index is 0.891. The van der Waals surface area contributed by atoms with E-state index in [4.69, 9.17) is 0 Å². The number of pyridine rings is 1. The van der Waals surface area contributed by atoms with Crippen LogP contribution >= 0.6 is 15.9 Å². The van der Waals surface area contributed by atoms with Crippen molar-refractivity contribution in [3.05, 3.63) is 35.6 Å². The summed E-state index contributed by atoms with van der Waals surface area (Å²) in [5.74, 6) is 0. The lowest BCUT2D eigenvalue weighted by Crippen LogP contribution is -1.94. The van der Waals surface area contributed by atoms with Crippen LogP contribution in [0.5, 0.6) is 0 Å². The summed E-state index contributed by atoms with van der Waals surface area (Å²) in [5, 5.41) is 3.97. The van der Waals surface area contributed by atoms with Crippen molar-refractivity contribution >= 4 is 15.9 Å². The predicted octanol–water partition coefficient (Wildman–Crippen LogP) is 1.42. The zero-order valence-corrected chi connectivity index (χ0v) is 7.64. The van der Waals surface area contributed by atoms with Gasteiger partial charge in [0.25, 0.3) is 0 Å². The number of nitrogens with zero attached hydrogens (tertiary/aromatic N) is 4. The van der Waals surface area contributed by atoms with E-state index in [9.17, 15) is 0 Å². The van der Waals surface area contributed by atoms with Crippen LogP contribution in [-0.4, -0.2) is 19.7 Å². The topological polar surface area (TPSA) is 43.6 Å². The molecule has 0 N–H and O–H groups in total. The van der Waals surface area contributed by atoms with Crippen molar-refractivity contribution in [3.63, 3.8) is 0 Å². The molecule has 0 fully saturated rings. The van der Waals surface area contributed by atoms with Crippen LogP contribution in [0.4, 0.5) is 0 Å². The number of rotatable bonds is 1. The van der Waals surface area contributed by atoms with E-state index in [1.54, 1.807) is 23.4 Å². The van der Waals surface area contributed by atoms with Gasteiger partial charge in [-0.25, -0.2) is 9.67 Å². The lowest BCUT2D eigenvalue weighted by Gasteiger charge is -1.98. The molecule has 2 rings (SSSR count). The second-order valence-electron chi connectivity index (χ2n) is 2.20. The van der Waals surface area contributed by atoms with E-state index in [0.29, 0.717) is 0 Å². The Balaban J connectivity index is 2.48. The molecule has 12 heavy (non-hydrogen) atoms. The van der Waals surface area contributed by atoms with Crippen LogP contribution in [-0.2, 0) is 0 Å². The standard InChI is InChI=1S/C7H5BrN4/c8-6-1-7(3-9-2-6)12-5-10-4-11-12/h1-5H. The van der Waals surface area contributed by atoms with Gasteiger partial charge in [-0.1, -0.05) is 0 Å². The molecule has 0 aromatic carbocycles. The molecular formula is C7H5BrN4. The first-order chi connectivity index (χ1) is 5.86. The summed E-state index contributed by atoms with van der Waals surface area (Å²) >= 11 is 3.32. The Labute approximate surface area is 77.4 Å². The Morgan fingerprint density at radius 2 is 2.17 bits per heavy atom. The molecule has 60 valence electrons. The summed E-state index contributed by atoms with van der Waals surface area (Å²) in [6, 6.07) is 1.92. The highest BCUT2D eigenvalue weighted by atomic mass is 79.9. The van der Waals surface area contributed by atoms with E-state index < -0.39 is 0 Å². The van der Waals surface area contributed by atoms with Crippen molar-refractivity contribution < 1.29 is 0 Å². The first kappa shape index (κ1) is 7.42. The summed E-state index contributed by atoms with van der Waals surface area (Å²) in [6.07, 6.45) is 6.56. The normalized spacial score (nSPS) is 10.1. The van der Waals surface area contributed by atoms with E-state index in [0.717, 1.165) is 10.2 Å². The third kappa shape index (κ3) is 1.35. The fraction of sp³-hybridized carbons (Fsp3) is 0. The van der Waals surface area contributed by atoms with Crippen LogP contribution in [0.2, 0.25) is 0 Å². The monoisotopic (exact) mass is 224 g/mol. The molecule has 0 aliphatic heterocycles. The maximum Gasteiger partial charge on any atom is 0.138 e. The van der Waals surface area contributed by atoms with Crippen molar-refractivity contribution in [2.75, 3.05) is 0 Å². The Kier molecular flexibility index (Phi) is 1.87. The lowest BCUT2D eigenvalue weighted by atomic mass is 10.4. The highest BCUT2D eigenvalue weighted by Crippen LogP contribution is 2.11.